The highest BCUT2D eigenvalue weighted by atomic mass is 32.2. The second kappa shape index (κ2) is 5.49. The van der Waals surface area contributed by atoms with Gasteiger partial charge < -0.3 is 10.9 Å². The number of oxime groups is 1. The fourth-order valence-corrected chi connectivity index (χ4v) is 2.93. The van der Waals surface area contributed by atoms with Crippen molar-refractivity contribution in [3.63, 3.8) is 0 Å². The van der Waals surface area contributed by atoms with E-state index in [0.717, 1.165) is 38.4 Å². The zero-order valence-corrected chi connectivity index (χ0v) is 10.2. The van der Waals surface area contributed by atoms with Gasteiger partial charge in [0, 0.05) is 0 Å². The molecule has 1 atom stereocenters. The number of nitrogens with one attached hydrogen (secondary N) is 1. The van der Waals surface area contributed by atoms with E-state index in [1.165, 1.54) is 0 Å². The molecule has 0 heterocycles. The van der Waals surface area contributed by atoms with Crippen LogP contribution >= 0.6 is 0 Å². The summed E-state index contributed by atoms with van der Waals surface area (Å²) < 4.78 is 24.8. The summed E-state index contributed by atoms with van der Waals surface area (Å²) in [6.07, 6.45) is 6.18. The smallest absolute Gasteiger partial charge is 0.209 e. The number of sulfonamides is 1. The van der Waals surface area contributed by atoms with Crippen molar-refractivity contribution in [2.75, 3.05) is 6.26 Å². The molecule has 94 valence electrons. The monoisotopic (exact) mass is 249 g/mol. The van der Waals surface area contributed by atoms with Gasteiger partial charge in [-0.3, -0.25) is 0 Å². The van der Waals surface area contributed by atoms with E-state index in [2.05, 4.69) is 9.88 Å². The van der Waals surface area contributed by atoms with Crippen molar-refractivity contribution in [2.45, 2.75) is 38.1 Å². The normalized spacial score (nSPS) is 21.9. The summed E-state index contributed by atoms with van der Waals surface area (Å²) in [5.74, 6) is 0.0664. The molecule has 0 aromatic heterocycles. The molecule has 0 aliphatic heterocycles. The fraction of sp³-hybridized carbons (Fsp3) is 0.889. The Morgan fingerprint density at radius 2 is 2.00 bits per heavy atom. The molecule has 0 aromatic rings. The molecule has 7 heteroatoms. The molecule has 1 unspecified atom stereocenters. The minimum absolute atomic E-state index is 0.0580. The van der Waals surface area contributed by atoms with Gasteiger partial charge in [-0.2, -0.15) is 0 Å². The van der Waals surface area contributed by atoms with E-state index >= 15 is 0 Å². The Bertz CT molecular complexity index is 347. The van der Waals surface area contributed by atoms with Crippen molar-refractivity contribution in [1.29, 1.82) is 0 Å². The van der Waals surface area contributed by atoms with Gasteiger partial charge in [-0.25, -0.2) is 13.1 Å². The van der Waals surface area contributed by atoms with Gasteiger partial charge in [-0.1, -0.05) is 24.4 Å². The van der Waals surface area contributed by atoms with E-state index < -0.39 is 16.1 Å². The molecule has 1 saturated carbocycles. The van der Waals surface area contributed by atoms with Gasteiger partial charge in [0.15, 0.2) is 5.84 Å². The van der Waals surface area contributed by atoms with Crippen LogP contribution in [-0.4, -0.2) is 31.8 Å². The lowest BCUT2D eigenvalue weighted by atomic mass is 9.84. The number of hydrogen-bond donors (Lipinski definition) is 3. The second-order valence-corrected chi connectivity index (χ2v) is 6.07. The van der Waals surface area contributed by atoms with Crippen molar-refractivity contribution in [1.82, 2.24) is 4.72 Å². The van der Waals surface area contributed by atoms with Crippen LogP contribution in [0.4, 0.5) is 0 Å². The molecular formula is C9H19N3O3S. The van der Waals surface area contributed by atoms with Crippen LogP contribution in [0.5, 0.6) is 0 Å². The molecule has 0 radical (unpaired) electrons. The lowest BCUT2D eigenvalue weighted by molar-refractivity contribution is 0.298. The number of rotatable bonds is 4. The molecule has 0 aromatic carbocycles. The Balaban J connectivity index is 2.78. The number of hydrogen-bond acceptors (Lipinski definition) is 4. The van der Waals surface area contributed by atoms with Crippen molar-refractivity contribution >= 4 is 15.9 Å². The third-order valence-corrected chi connectivity index (χ3v) is 3.58. The van der Waals surface area contributed by atoms with E-state index in [0.29, 0.717) is 0 Å². The molecule has 6 nitrogen and oxygen atoms in total. The molecule has 4 N–H and O–H groups in total. The molecule has 0 amide bonds. The predicted molar refractivity (Wildman–Crippen MR) is 61.8 cm³/mol. The third kappa shape index (κ3) is 3.97. The summed E-state index contributed by atoms with van der Waals surface area (Å²) in [7, 11) is -3.35. The van der Waals surface area contributed by atoms with Gasteiger partial charge in [0.2, 0.25) is 10.0 Å². The topological polar surface area (TPSA) is 105 Å². The first-order valence-corrected chi connectivity index (χ1v) is 7.28. The van der Waals surface area contributed by atoms with Gasteiger partial charge >= 0.3 is 0 Å². The van der Waals surface area contributed by atoms with E-state index in [1.54, 1.807) is 0 Å². The molecule has 1 aliphatic rings. The zero-order chi connectivity index (χ0) is 12.2. The summed E-state index contributed by atoms with van der Waals surface area (Å²) in [5, 5.41) is 11.6. The molecule has 0 spiro atoms. The van der Waals surface area contributed by atoms with Gasteiger partial charge in [-0.15, -0.1) is 0 Å². The van der Waals surface area contributed by atoms with Crippen LogP contribution in [0.3, 0.4) is 0 Å². The van der Waals surface area contributed by atoms with Gasteiger partial charge in [0.25, 0.3) is 0 Å². The molecule has 1 rings (SSSR count). The molecule has 0 saturated heterocycles. The molecule has 1 aliphatic carbocycles. The van der Waals surface area contributed by atoms with Crippen LogP contribution in [0.15, 0.2) is 5.16 Å². The van der Waals surface area contributed by atoms with Crippen LogP contribution in [0.1, 0.15) is 32.1 Å². The molecule has 0 bridgehead atoms. The first kappa shape index (κ1) is 13.2. The Kier molecular flexibility index (Phi) is 4.55. The van der Waals surface area contributed by atoms with Crippen molar-refractivity contribution in [3.8, 4) is 0 Å². The van der Waals surface area contributed by atoms with Crippen molar-refractivity contribution in [2.24, 2.45) is 16.8 Å². The minimum atomic E-state index is -3.35. The first-order valence-electron chi connectivity index (χ1n) is 5.39. The Morgan fingerprint density at radius 1 is 1.44 bits per heavy atom. The van der Waals surface area contributed by atoms with E-state index in [9.17, 15) is 8.42 Å². The Labute approximate surface area is 95.9 Å². The maximum atomic E-state index is 11.2. The maximum Gasteiger partial charge on any atom is 0.209 e. The fourth-order valence-electron chi connectivity index (χ4n) is 2.16. The highest BCUT2D eigenvalue weighted by molar-refractivity contribution is 7.88. The predicted octanol–water partition coefficient (Wildman–Crippen LogP) is 0.231. The van der Waals surface area contributed by atoms with Crippen LogP contribution in [0.25, 0.3) is 0 Å². The third-order valence-electron chi connectivity index (χ3n) is 2.90. The summed E-state index contributed by atoms with van der Waals surface area (Å²) >= 11 is 0. The second-order valence-electron chi connectivity index (χ2n) is 4.29. The van der Waals surface area contributed by atoms with Gasteiger partial charge in [-0.05, 0) is 18.8 Å². The maximum absolute atomic E-state index is 11.2. The van der Waals surface area contributed by atoms with E-state index in [4.69, 9.17) is 10.9 Å². The minimum Gasteiger partial charge on any atom is -0.409 e. The molecular weight excluding hydrogens is 230 g/mol. The Hall–Kier alpha value is -0.820. The van der Waals surface area contributed by atoms with Crippen LogP contribution in [0.2, 0.25) is 0 Å². The van der Waals surface area contributed by atoms with Crippen LogP contribution in [-0.2, 0) is 10.0 Å². The van der Waals surface area contributed by atoms with Gasteiger partial charge in [0.05, 0.1) is 12.3 Å². The standard InChI is InChI=1S/C9H19N3O3S/c1-16(14,15)12-8(9(10)11-13)7-5-3-2-4-6-7/h7-8,12-13H,2-6H2,1H3,(H2,10,11). The molecule has 16 heavy (non-hydrogen) atoms. The first-order chi connectivity index (χ1) is 7.44. The zero-order valence-electron chi connectivity index (χ0n) is 9.39. The Morgan fingerprint density at radius 3 is 2.44 bits per heavy atom. The lowest BCUT2D eigenvalue weighted by Gasteiger charge is -2.29. The van der Waals surface area contributed by atoms with Crippen molar-refractivity contribution in [3.05, 3.63) is 0 Å². The average Bonchev–Trinajstić information content (AvgIpc) is 2.25. The average molecular weight is 249 g/mol. The summed E-state index contributed by atoms with van der Waals surface area (Å²) in [6.45, 7) is 0. The van der Waals surface area contributed by atoms with Gasteiger partial charge in [0.1, 0.15) is 0 Å². The quantitative estimate of drug-likeness (QED) is 0.287. The number of amidine groups is 1. The van der Waals surface area contributed by atoms with Crippen molar-refractivity contribution < 1.29 is 13.6 Å². The van der Waals surface area contributed by atoms with E-state index in [1.807, 2.05) is 0 Å². The van der Waals surface area contributed by atoms with E-state index in [-0.39, 0.29) is 11.8 Å². The van der Waals surface area contributed by atoms with Crippen LogP contribution < -0.4 is 10.5 Å². The summed E-state index contributed by atoms with van der Waals surface area (Å²) in [6, 6.07) is -0.583. The number of nitrogens with zero attached hydrogens (tertiary/aromatic N) is 1. The lowest BCUT2D eigenvalue weighted by Crippen LogP contribution is -2.49. The highest BCUT2D eigenvalue weighted by Crippen LogP contribution is 2.26. The van der Waals surface area contributed by atoms with Crippen LogP contribution in [0, 0.1) is 5.92 Å². The summed E-state index contributed by atoms with van der Waals surface area (Å²) in [4.78, 5) is 0. The highest BCUT2D eigenvalue weighted by Gasteiger charge is 2.29. The largest absolute Gasteiger partial charge is 0.409 e. The summed E-state index contributed by atoms with van der Waals surface area (Å²) in [5.41, 5.74) is 5.53. The molecule has 1 fully saturated rings. The number of nitrogens with two attached hydrogens (primary N) is 1. The SMILES string of the molecule is CS(=O)(=O)NC(/C(N)=N/O)C1CCCCC1.